The van der Waals surface area contributed by atoms with Gasteiger partial charge in [0, 0.05) is 24.9 Å². The van der Waals surface area contributed by atoms with Gasteiger partial charge in [-0.25, -0.2) is 9.98 Å². The minimum absolute atomic E-state index is 0.0383. The maximum Gasteiger partial charge on any atom is 0.212 e. The van der Waals surface area contributed by atoms with Gasteiger partial charge in [0.25, 0.3) is 0 Å². The Morgan fingerprint density at radius 1 is 1.11 bits per heavy atom. The highest BCUT2D eigenvalue weighted by Crippen LogP contribution is 2.19. The largest absolute Gasteiger partial charge is 0.497 e. The molecule has 1 atom stereocenters. The molecule has 27 heavy (non-hydrogen) atoms. The number of hydrogen-bond donors (Lipinski definition) is 2. The molecule has 0 radical (unpaired) electrons. The molecule has 0 aliphatic heterocycles. The van der Waals surface area contributed by atoms with Crippen molar-refractivity contribution in [1.82, 2.24) is 15.6 Å². The van der Waals surface area contributed by atoms with Crippen LogP contribution in [0, 0.1) is 0 Å². The molecule has 0 saturated heterocycles. The van der Waals surface area contributed by atoms with Crippen molar-refractivity contribution < 1.29 is 14.2 Å². The summed E-state index contributed by atoms with van der Waals surface area (Å²) >= 11 is 0. The second-order valence-electron chi connectivity index (χ2n) is 5.89. The van der Waals surface area contributed by atoms with E-state index in [0.29, 0.717) is 19.0 Å². The zero-order chi connectivity index (χ0) is 19.5. The van der Waals surface area contributed by atoms with Gasteiger partial charge in [0.15, 0.2) is 5.96 Å². The fraction of sp³-hybridized carbons (Fsp3) is 0.400. The second-order valence-corrected chi connectivity index (χ2v) is 5.89. The van der Waals surface area contributed by atoms with E-state index >= 15 is 0 Å². The normalized spacial score (nSPS) is 12.2. The first-order valence-electron chi connectivity index (χ1n) is 8.96. The molecule has 7 heteroatoms. The Bertz CT molecular complexity index is 719. The standard InChI is InChI=1S/C20H28N4O3/c1-5-21-20(24-14-16-9-10-19(26-4)22-13-16)23-12-15(2)27-18-8-6-7-17(11-18)25-3/h6-11,13,15H,5,12,14H2,1-4H3,(H2,21,23,24). The predicted octanol–water partition coefficient (Wildman–Crippen LogP) is 2.62. The van der Waals surface area contributed by atoms with Gasteiger partial charge in [-0.1, -0.05) is 12.1 Å². The van der Waals surface area contributed by atoms with E-state index in [9.17, 15) is 0 Å². The number of hydrogen-bond acceptors (Lipinski definition) is 5. The fourth-order valence-electron chi connectivity index (χ4n) is 2.33. The average Bonchev–Trinajstić information content (AvgIpc) is 2.70. The first-order chi connectivity index (χ1) is 13.1. The summed E-state index contributed by atoms with van der Waals surface area (Å²) in [6, 6.07) is 11.4. The maximum atomic E-state index is 5.92. The van der Waals surface area contributed by atoms with Crippen LogP contribution in [-0.2, 0) is 6.54 Å². The number of benzene rings is 1. The van der Waals surface area contributed by atoms with Crippen LogP contribution in [0.1, 0.15) is 19.4 Å². The first kappa shape index (κ1) is 20.4. The van der Waals surface area contributed by atoms with E-state index in [-0.39, 0.29) is 6.10 Å². The lowest BCUT2D eigenvalue weighted by atomic mass is 10.3. The fourth-order valence-corrected chi connectivity index (χ4v) is 2.33. The molecule has 0 spiro atoms. The Balaban J connectivity index is 1.88. The van der Waals surface area contributed by atoms with Gasteiger partial charge in [-0.05, 0) is 31.5 Å². The summed E-state index contributed by atoms with van der Waals surface area (Å²) < 4.78 is 16.2. The number of nitrogens with zero attached hydrogens (tertiary/aromatic N) is 2. The summed E-state index contributed by atoms with van der Waals surface area (Å²) in [6.07, 6.45) is 1.73. The highest BCUT2D eigenvalue weighted by atomic mass is 16.5. The molecule has 2 aromatic rings. The third-order valence-corrected chi connectivity index (χ3v) is 3.71. The lowest BCUT2D eigenvalue weighted by Crippen LogP contribution is -2.41. The number of guanidine groups is 1. The van der Waals surface area contributed by atoms with Gasteiger partial charge in [-0.3, -0.25) is 0 Å². The van der Waals surface area contributed by atoms with Gasteiger partial charge in [0.2, 0.25) is 5.88 Å². The Hall–Kier alpha value is -2.96. The van der Waals surface area contributed by atoms with E-state index in [1.807, 2.05) is 50.2 Å². The molecule has 2 rings (SSSR count). The zero-order valence-electron chi connectivity index (χ0n) is 16.4. The number of pyridine rings is 1. The molecule has 0 fully saturated rings. The highest BCUT2D eigenvalue weighted by Gasteiger charge is 2.07. The van der Waals surface area contributed by atoms with Gasteiger partial charge in [-0.15, -0.1) is 0 Å². The number of methoxy groups -OCH3 is 2. The minimum Gasteiger partial charge on any atom is -0.497 e. The first-order valence-corrected chi connectivity index (χ1v) is 8.96. The van der Waals surface area contributed by atoms with Crippen LogP contribution in [0.15, 0.2) is 47.6 Å². The molecule has 1 aromatic heterocycles. The Morgan fingerprint density at radius 3 is 2.59 bits per heavy atom. The zero-order valence-corrected chi connectivity index (χ0v) is 16.4. The smallest absolute Gasteiger partial charge is 0.212 e. The van der Waals surface area contributed by atoms with Crippen LogP contribution in [0.25, 0.3) is 0 Å². The molecule has 2 N–H and O–H groups in total. The van der Waals surface area contributed by atoms with Gasteiger partial charge in [0.05, 0.1) is 27.3 Å². The number of rotatable bonds is 9. The summed E-state index contributed by atoms with van der Waals surface area (Å²) in [5.41, 5.74) is 1.01. The molecule has 0 amide bonds. The quantitative estimate of drug-likeness (QED) is 0.520. The summed E-state index contributed by atoms with van der Waals surface area (Å²) in [5.74, 6) is 2.87. The van der Waals surface area contributed by atoms with Crippen molar-refractivity contribution in [3.63, 3.8) is 0 Å². The monoisotopic (exact) mass is 372 g/mol. The average molecular weight is 372 g/mol. The molecule has 146 valence electrons. The molecule has 0 aliphatic carbocycles. The van der Waals surface area contributed by atoms with Crippen LogP contribution >= 0.6 is 0 Å². The Labute approximate surface area is 160 Å². The molecule has 0 aliphatic rings. The minimum atomic E-state index is -0.0383. The lowest BCUT2D eigenvalue weighted by molar-refractivity contribution is 0.223. The lowest BCUT2D eigenvalue weighted by Gasteiger charge is -2.18. The van der Waals surface area contributed by atoms with Crippen LogP contribution < -0.4 is 24.8 Å². The molecule has 0 bridgehead atoms. The third kappa shape index (κ3) is 7.05. The molecule has 1 aromatic carbocycles. The van der Waals surface area contributed by atoms with E-state index in [0.717, 1.165) is 29.6 Å². The molecule has 1 unspecified atom stereocenters. The SMILES string of the molecule is CCNC(=NCc1ccc(OC)nc1)NCC(C)Oc1cccc(OC)c1. The topological polar surface area (TPSA) is 77.0 Å². The van der Waals surface area contributed by atoms with E-state index in [1.165, 1.54) is 0 Å². The van der Waals surface area contributed by atoms with Crippen LogP contribution in [0.5, 0.6) is 17.4 Å². The number of aromatic nitrogens is 1. The van der Waals surface area contributed by atoms with Crippen LogP contribution in [0.2, 0.25) is 0 Å². The molecule has 7 nitrogen and oxygen atoms in total. The second kappa shape index (κ2) is 10.9. The van der Waals surface area contributed by atoms with Crippen LogP contribution in [0.4, 0.5) is 0 Å². The van der Waals surface area contributed by atoms with Crippen LogP contribution in [-0.4, -0.2) is 44.4 Å². The van der Waals surface area contributed by atoms with Crippen LogP contribution in [0.3, 0.4) is 0 Å². The summed E-state index contributed by atoms with van der Waals surface area (Å²) in [4.78, 5) is 8.78. The molecule has 1 heterocycles. The van der Waals surface area contributed by atoms with Gasteiger partial charge in [-0.2, -0.15) is 0 Å². The summed E-state index contributed by atoms with van der Waals surface area (Å²) in [5, 5.41) is 6.53. The van der Waals surface area contributed by atoms with Gasteiger partial charge >= 0.3 is 0 Å². The van der Waals surface area contributed by atoms with E-state index in [1.54, 1.807) is 20.4 Å². The summed E-state index contributed by atoms with van der Waals surface area (Å²) in [6.45, 7) is 5.95. The van der Waals surface area contributed by atoms with Gasteiger partial charge in [0.1, 0.15) is 17.6 Å². The van der Waals surface area contributed by atoms with Crippen molar-refractivity contribution in [3.05, 3.63) is 48.2 Å². The van der Waals surface area contributed by atoms with Crippen molar-refractivity contribution >= 4 is 5.96 Å². The highest BCUT2D eigenvalue weighted by molar-refractivity contribution is 5.79. The van der Waals surface area contributed by atoms with Gasteiger partial charge < -0.3 is 24.8 Å². The van der Waals surface area contributed by atoms with E-state index < -0.39 is 0 Å². The van der Waals surface area contributed by atoms with Crippen molar-refractivity contribution in [2.45, 2.75) is 26.5 Å². The molecule has 0 saturated carbocycles. The maximum absolute atomic E-state index is 5.92. The van der Waals surface area contributed by atoms with Crippen molar-refractivity contribution in [2.75, 3.05) is 27.3 Å². The predicted molar refractivity (Wildman–Crippen MR) is 107 cm³/mol. The van der Waals surface area contributed by atoms with E-state index in [2.05, 4.69) is 20.6 Å². The number of ether oxygens (including phenoxy) is 3. The molecular formula is C20H28N4O3. The summed E-state index contributed by atoms with van der Waals surface area (Å²) in [7, 11) is 3.24. The third-order valence-electron chi connectivity index (χ3n) is 3.71. The Morgan fingerprint density at radius 2 is 1.93 bits per heavy atom. The molecular weight excluding hydrogens is 344 g/mol. The van der Waals surface area contributed by atoms with Crippen molar-refractivity contribution in [1.29, 1.82) is 0 Å². The Kier molecular flexibility index (Phi) is 8.22. The van der Waals surface area contributed by atoms with Crippen molar-refractivity contribution in [3.8, 4) is 17.4 Å². The van der Waals surface area contributed by atoms with E-state index in [4.69, 9.17) is 14.2 Å². The number of nitrogens with one attached hydrogen (secondary N) is 2. The number of aliphatic imine (C=N–C) groups is 1. The van der Waals surface area contributed by atoms with Crippen molar-refractivity contribution in [2.24, 2.45) is 4.99 Å².